The quantitative estimate of drug-likeness (QED) is 0.775. The smallest absolute Gasteiger partial charge is 0.0682 e. The highest BCUT2D eigenvalue weighted by atomic mass is 16.3. The number of aliphatic hydroxyl groups is 1. The van der Waals surface area contributed by atoms with Gasteiger partial charge in [0.2, 0.25) is 0 Å². The molecule has 0 saturated heterocycles. The number of aromatic nitrogens is 2. The van der Waals surface area contributed by atoms with Gasteiger partial charge >= 0.3 is 0 Å². The first-order valence-corrected chi connectivity index (χ1v) is 6.44. The first-order valence-electron chi connectivity index (χ1n) is 6.44. The van der Waals surface area contributed by atoms with Gasteiger partial charge in [-0.15, -0.1) is 0 Å². The van der Waals surface area contributed by atoms with Gasteiger partial charge in [-0.1, -0.05) is 6.07 Å². The van der Waals surface area contributed by atoms with E-state index in [0.29, 0.717) is 0 Å². The maximum absolute atomic E-state index is 9.14. The number of nitrogens with zero attached hydrogens (tertiary/aromatic N) is 2. The standard InChI is InChI=1S/C16H16N2O/c19-12-14-1-2-16-15(11-14)6-10-18(16)9-5-13-3-7-17-8-4-13/h1-4,6-8,10-11,19H,5,9,12H2. The summed E-state index contributed by atoms with van der Waals surface area (Å²) in [5.41, 5.74) is 3.47. The molecule has 0 atom stereocenters. The van der Waals surface area contributed by atoms with Crippen LogP contribution in [0.4, 0.5) is 0 Å². The summed E-state index contributed by atoms with van der Waals surface area (Å²) in [7, 11) is 0. The van der Waals surface area contributed by atoms with Gasteiger partial charge in [0.25, 0.3) is 0 Å². The molecule has 3 nitrogen and oxygen atoms in total. The van der Waals surface area contributed by atoms with E-state index in [0.717, 1.165) is 18.5 Å². The van der Waals surface area contributed by atoms with Gasteiger partial charge in [-0.3, -0.25) is 4.98 Å². The zero-order chi connectivity index (χ0) is 13.1. The highest BCUT2D eigenvalue weighted by molar-refractivity contribution is 5.80. The molecule has 0 bridgehead atoms. The van der Waals surface area contributed by atoms with Crippen LogP contribution >= 0.6 is 0 Å². The number of aryl methyl sites for hydroxylation is 2. The van der Waals surface area contributed by atoms with Crippen molar-refractivity contribution >= 4 is 10.9 Å². The fourth-order valence-electron chi connectivity index (χ4n) is 2.34. The molecule has 3 heteroatoms. The van der Waals surface area contributed by atoms with Crippen molar-refractivity contribution in [2.75, 3.05) is 0 Å². The molecule has 1 N–H and O–H groups in total. The van der Waals surface area contributed by atoms with E-state index in [4.69, 9.17) is 5.11 Å². The van der Waals surface area contributed by atoms with E-state index in [1.54, 1.807) is 0 Å². The Bertz CT molecular complexity index is 674. The summed E-state index contributed by atoms with van der Waals surface area (Å²) < 4.78 is 2.25. The monoisotopic (exact) mass is 252 g/mol. The molecule has 3 rings (SSSR count). The SMILES string of the molecule is OCc1ccc2c(ccn2CCc2ccncc2)c1. The molecule has 3 aromatic rings. The maximum atomic E-state index is 9.14. The predicted molar refractivity (Wildman–Crippen MR) is 75.8 cm³/mol. The van der Waals surface area contributed by atoms with Gasteiger partial charge in [-0.25, -0.2) is 0 Å². The highest BCUT2D eigenvalue weighted by Gasteiger charge is 2.02. The molecule has 0 fully saturated rings. The van der Waals surface area contributed by atoms with E-state index in [-0.39, 0.29) is 6.61 Å². The average Bonchev–Trinajstić information content (AvgIpc) is 2.88. The van der Waals surface area contributed by atoms with E-state index < -0.39 is 0 Å². The Morgan fingerprint density at radius 3 is 2.63 bits per heavy atom. The first kappa shape index (κ1) is 11.9. The van der Waals surface area contributed by atoms with Crippen LogP contribution in [0.3, 0.4) is 0 Å². The number of hydrogen-bond acceptors (Lipinski definition) is 2. The van der Waals surface area contributed by atoms with Crippen molar-refractivity contribution in [2.45, 2.75) is 19.6 Å². The number of aliphatic hydroxyl groups excluding tert-OH is 1. The predicted octanol–water partition coefficient (Wildman–Crippen LogP) is 2.77. The second kappa shape index (κ2) is 5.24. The Balaban J connectivity index is 1.82. The van der Waals surface area contributed by atoms with Crippen molar-refractivity contribution in [3.05, 3.63) is 66.1 Å². The zero-order valence-electron chi connectivity index (χ0n) is 10.7. The van der Waals surface area contributed by atoms with Gasteiger partial charge in [0.05, 0.1) is 6.61 Å². The van der Waals surface area contributed by atoms with Crippen molar-refractivity contribution in [3.63, 3.8) is 0 Å². The third-order valence-electron chi connectivity index (χ3n) is 3.41. The van der Waals surface area contributed by atoms with Gasteiger partial charge in [0.1, 0.15) is 0 Å². The minimum Gasteiger partial charge on any atom is -0.392 e. The summed E-state index contributed by atoms with van der Waals surface area (Å²) in [5.74, 6) is 0. The summed E-state index contributed by atoms with van der Waals surface area (Å²) in [6.07, 6.45) is 6.76. The molecule has 0 aliphatic rings. The van der Waals surface area contributed by atoms with Crippen molar-refractivity contribution in [1.29, 1.82) is 0 Å². The molecule has 2 heterocycles. The lowest BCUT2D eigenvalue weighted by atomic mass is 10.1. The zero-order valence-corrected chi connectivity index (χ0v) is 10.7. The van der Waals surface area contributed by atoms with Crippen molar-refractivity contribution in [2.24, 2.45) is 0 Å². The fraction of sp³-hybridized carbons (Fsp3) is 0.188. The van der Waals surface area contributed by atoms with Gasteiger partial charge in [-0.05, 0) is 53.3 Å². The Morgan fingerprint density at radius 1 is 1.00 bits per heavy atom. The second-order valence-corrected chi connectivity index (χ2v) is 4.67. The molecule has 96 valence electrons. The van der Waals surface area contributed by atoms with E-state index in [1.165, 1.54) is 16.5 Å². The van der Waals surface area contributed by atoms with Gasteiger partial charge < -0.3 is 9.67 Å². The van der Waals surface area contributed by atoms with Crippen LogP contribution in [0.1, 0.15) is 11.1 Å². The van der Waals surface area contributed by atoms with E-state index in [1.807, 2.05) is 24.5 Å². The molecule has 0 aliphatic carbocycles. The molecular weight excluding hydrogens is 236 g/mol. The Hall–Kier alpha value is -2.13. The average molecular weight is 252 g/mol. The van der Waals surface area contributed by atoms with E-state index >= 15 is 0 Å². The van der Waals surface area contributed by atoms with Crippen molar-refractivity contribution in [1.82, 2.24) is 9.55 Å². The molecule has 1 aromatic carbocycles. The normalized spacial score (nSPS) is 11.0. The number of fused-ring (bicyclic) bond motifs is 1. The summed E-state index contributed by atoms with van der Waals surface area (Å²) in [5, 5.41) is 10.3. The fourth-order valence-corrected chi connectivity index (χ4v) is 2.34. The minimum atomic E-state index is 0.0954. The molecule has 2 aromatic heterocycles. The largest absolute Gasteiger partial charge is 0.392 e. The second-order valence-electron chi connectivity index (χ2n) is 4.67. The van der Waals surface area contributed by atoms with E-state index in [9.17, 15) is 0 Å². The van der Waals surface area contributed by atoms with Crippen molar-refractivity contribution < 1.29 is 5.11 Å². The number of pyridine rings is 1. The molecular formula is C16H16N2O. The molecule has 0 radical (unpaired) electrons. The molecule has 0 aliphatic heterocycles. The Kier molecular flexibility index (Phi) is 3.29. The lowest BCUT2D eigenvalue weighted by Crippen LogP contribution is -1.99. The molecule has 0 spiro atoms. The molecule has 19 heavy (non-hydrogen) atoms. The van der Waals surface area contributed by atoms with Crippen LogP contribution in [0.25, 0.3) is 10.9 Å². The van der Waals surface area contributed by atoms with Gasteiger partial charge in [0.15, 0.2) is 0 Å². The Labute approximate surface area is 112 Å². The summed E-state index contributed by atoms with van der Waals surface area (Å²) >= 11 is 0. The maximum Gasteiger partial charge on any atom is 0.0682 e. The summed E-state index contributed by atoms with van der Waals surface area (Å²) in [6, 6.07) is 12.3. The van der Waals surface area contributed by atoms with Crippen molar-refractivity contribution in [3.8, 4) is 0 Å². The molecule has 0 saturated carbocycles. The summed E-state index contributed by atoms with van der Waals surface area (Å²) in [6.45, 7) is 1.05. The van der Waals surface area contributed by atoms with Crippen LogP contribution in [0, 0.1) is 0 Å². The lowest BCUT2D eigenvalue weighted by molar-refractivity contribution is 0.282. The van der Waals surface area contributed by atoms with Gasteiger partial charge in [0, 0.05) is 30.7 Å². The van der Waals surface area contributed by atoms with E-state index in [2.05, 4.69) is 40.0 Å². The number of rotatable bonds is 4. The first-order chi connectivity index (χ1) is 9.36. The van der Waals surface area contributed by atoms with Crippen LogP contribution in [0.5, 0.6) is 0 Å². The molecule has 0 unspecified atom stereocenters. The highest BCUT2D eigenvalue weighted by Crippen LogP contribution is 2.18. The summed E-state index contributed by atoms with van der Waals surface area (Å²) in [4.78, 5) is 4.03. The third kappa shape index (κ3) is 2.51. The third-order valence-corrected chi connectivity index (χ3v) is 3.41. The van der Waals surface area contributed by atoms with Crippen LogP contribution in [-0.4, -0.2) is 14.7 Å². The van der Waals surface area contributed by atoms with Crippen LogP contribution in [0.15, 0.2) is 55.0 Å². The Morgan fingerprint density at radius 2 is 1.84 bits per heavy atom. The van der Waals surface area contributed by atoms with Gasteiger partial charge in [-0.2, -0.15) is 0 Å². The minimum absolute atomic E-state index is 0.0954. The number of hydrogen-bond donors (Lipinski definition) is 1. The van der Waals surface area contributed by atoms with Crippen LogP contribution < -0.4 is 0 Å². The topological polar surface area (TPSA) is 38.0 Å². The number of benzene rings is 1. The molecule has 0 amide bonds. The van der Waals surface area contributed by atoms with Crippen LogP contribution in [-0.2, 0) is 19.6 Å². The van der Waals surface area contributed by atoms with Crippen LogP contribution in [0.2, 0.25) is 0 Å². The lowest BCUT2D eigenvalue weighted by Gasteiger charge is -2.06.